The number of hydrogen-bond acceptors (Lipinski definition) is 3. The SMILES string of the molecule is CN(C(=O)C(NOCc1ccccc1)C(C)(C)C)c1ccccc1. The second kappa shape index (κ2) is 8.08. The van der Waals surface area contributed by atoms with Gasteiger partial charge in [0.15, 0.2) is 0 Å². The molecule has 128 valence electrons. The molecular formula is C20H26N2O2. The van der Waals surface area contributed by atoms with Gasteiger partial charge in [0.2, 0.25) is 5.91 Å². The van der Waals surface area contributed by atoms with E-state index in [0.29, 0.717) is 6.61 Å². The number of anilines is 1. The van der Waals surface area contributed by atoms with E-state index in [0.717, 1.165) is 11.3 Å². The molecule has 0 aromatic heterocycles. The van der Waals surface area contributed by atoms with E-state index in [1.807, 2.05) is 81.4 Å². The van der Waals surface area contributed by atoms with Crippen molar-refractivity contribution in [2.45, 2.75) is 33.4 Å². The summed E-state index contributed by atoms with van der Waals surface area (Å²) in [5.41, 5.74) is 4.61. The molecule has 2 aromatic carbocycles. The van der Waals surface area contributed by atoms with Gasteiger partial charge in [0.25, 0.3) is 0 Å². The minimum atomic E-state index is -0.452. The van der Waals surface area contributed by atoms with E-state index >= 15 is 0 Å². The molecule has 0 saturated heterocycles. The largest absolute Gasteiger partial charge is 0.314 e. The van der Waals surface area contributed by atoms with Gasteiger partial charge in [-0.3, -0.25) is 9.63 Å². The fourth-order valence-corrected chi connectivity index (χ4v) is 2.35. The number of para-hydroxylation sites is 1. The average molecular weight is 326 g/mol. The lowest BCUT2D eigenvalue weighted by Gasteiger charge is -2.33. The quantitative estimate of drug-likeness (QED) is 0.821. The molecule has 4 nitrogen and oxygen atoms in total. The van der Waals surface area contributed by atoms with E-state index in [-0.39, 0.29) is 11.3 Å². The Kier molecular flexibility index (Phi) is 6.12. The van der Waals surface area contributed by atoms with Crippen LogP contribution >= 0.6 is 0 Å². The molecule has 0 spiro atoms. The maximum atomic E-state index is 12.9. The number of likely N-dealkylation sites (N-methyl/N-ethyl adjacent to an activating group) is 1. The van der Waals surface area contributed by atoms with Crippen LogP contribution in [0.5, 0.6) is 0 Å². The number of carbonyl (C=O) groups is 1. The van der Waals surface area contributed by atoms with Crippen LogP contribution in [0.2, 0.25) is 0 Å². The molecule has 1 N–H and O–H groups in total. The van der Waals surface area contributed by atoms with Crippen molar-refractivity contribution in [3.8, 4) is 0 Å². The van der Waals surface area contributed by atoms with Crippen LogP contribution in [0.15, 0.2) is 60.7 Å². The van der Waals surface area contributed by atoms with Crippen LogP contribution in [0.3, 0.4) is 0 Å². The number of hydroxylamine groups is 1. The fourth-order valence-electron chi connectivity index (χ4n) is 2.35. The van der Waals surface area contributed by atoms with Crippen molar-refractivity contribution >= 4 is 11.6 Å². The number of rotatable bonds is 6. The number of nitrogens with zero attached hydrogens (tertiary/aromatic N) is 1. The van der Waals surface area contributed by atoms with Crippen molar-refractivity contribution in [1.82, 2.24) is 5.48 Å². The van der Waals surface area contributed by atoms with Crippen molar-refractivity contribution in [2.75, 3.05) is 11.9 Å². The van der Waals surface area contributed by atoms with Gasteiger partial charge >= 0.3 is 0 Å². The van der Waals surface area contributed by atoms with Crippen molar-refractivity contribution in [1.29, 1.82) is 0 Å². The number of carbonyl (C=O) groups excluding carboxylic acids is 1. The standard InChI is InChI=1S/C20H26N2O2/c1-20(2,3)18(21-24-15-16-11-7-5-8-12-16)19(23)22(4)17-13-9-6-10-14-17/h5-14,18,21H,15H2,1-4H3. The predicted octanol–water partition coefficient (Wildman–Crippen LogP) is 3.79. The zero-order chi connectivity index (χ0) is 17.6. The minimum Gasteiger partial charge on any atom is -0.314 e. The zero-order valence-electron chi connectivity index (χ0n) is 14.8. The summed E-state index contributed by atoms with van der Waals surface area (Å²) in [7, 11) is 1.79. The lowest BCUT2D eigenvalue weighted by atomic mass is 9.86. The van der Waals surface area contributed by atoms with Crippen molar-refractivity contribution in [3.63, 3.8) is 0 Å². The molecule has 24 heavy (non-hydrogen) atoms. The van der Waals surface area contributed by atoms with E-state index in [1.54, 1.807) is 11.9 Å². The van der Waals surface area contributed by atoms with Gasteiger partial charge in [-0.15, -0.1) is 0 Å². The maximum Gasteiger partial charge on any atom is 0.246 e. The monoisotopic (exact) mass is 326 g/mol. The van der Waals surface area contributed by atoms with Crippen LogP contribution in [0.4, 0.5) is 5.69 Å². The highest BCUT2D eigenvalue weighted by atomic mass is 16.6. The average Bonchev–Trinajstić information content (AvgIpc) is 2.58. The summed E-state index contributed by atoms with van der Waals surface area (Å²) in [5, 5.41) is 0. The van der Waals surface area contributed by atoms with Gasteiger partial charge in [0.1, 0.15) is 6.04 Å². The highest BCUT2D eigenvalue weighted by molar-refractivity contribution is 5.97. The molecule has 2 aromatic rings. The Hall–Kier alpha value is -2.17. The van der Waals surface area contributed by atoms with Gasteiger partial charge in [0.05, 0.1) is 6.61 Å². The predicted molar refractivity (Wildman–Crippen MR) is 97.5 cm³/mol. The van der Waals surface area contributed by atoms with E-state index in [4.69, 9.17) is 4.84 Å². The highest BCUT2D eigenvalue weighted by Gasteiger charge is 2.34. The van der Waals surface area contributed by atoms with E-state index in [1.165, 1.54) is 0 Å². The van der Waals surface area contributed by atoms with Gasteiger partial charge in [-0.25, -0.2) is 0 Å². The molecule has 0 heterocycles. The van der Waals surface area contributed by atoms with Crippen LogP contribution in [-0.2, 0) is 16.2 Å². The Labute approximate surface area is 144 Å². The zero-order valence-corrected chi connectivity index (χ0v) is 14.8. The third kappa shape index (κ3) is 4.91. The molecule has 0 saturated carbocycles. The van der Waals surface area contributed by atoms with Crippen LogP contribution in [0.25, 0.3) is 0 Å². The molecule has 0 aliphatic heterocycles. The Morgan fingerprint density at radius 2 is 1.58 bits per heavy atom. The fraction of sp³-hybridized carbons (Fsp3) is 0.350. The summed E-state index contributed by atoms with van der Waals surface area (Å²) in [6.07, 6.45) is 0. The lowest BCUT2D eigenvalue weighted by molar-refractivity contribution is -0.129. The molecule has 2 rings (SSSR count). The van der Waals surface area contributed by atoms with E-state index in [9.17, 15) is 4.79 Å². The molecular weight excluding hydrogens is 300 g/mol. The summed E-state index contributed by atoms with van der Waals surface area (Å²) < 4.78 is 0. The third-order valence-corrected chi connectivity index (χ3v) is 3.87. The summed E-state index contributed by atoms with van der Waals surface area (Å²) in [6.45, 7) is 6.48. The Morgan fingerprint density at radius 3 is 2.12 bits per heavy atom. The summed E-state index contributed by atoms with van der Waals surface area (Å²) in [4.78, 5) is 20.2. The molecule has 4 heteroatoms. The molecule has 0 bridgehead atoms. The van der Waals surface area contributed by atoms with Gasteiger partial charge in [0, 0.05) is 12.7 Å². The van der Waals surface area contributed by atoms with Crippen molar-refractivity contribution < 1.29 is 9.63 Å². The topological polar surface area (TPSA) is 41.6 Å². The normalized spacial score (nSPS) is 12.7. The molecule has 1 atom stereocenters. The summed E-state index contributed by atoms with van der Waals surface area (Å²) >= 11 is 0. The van der Waals surface area contributed by atoms with E-state index in [2.05, 4.69) is 5.48 Å². The first-order chi connectivity index (χ1) is 11.4. The van der Waals surface area contributed by atoms with Crippen molar-refractivity contribution in [3.05, 3.63) is 66.2 Å². The first-order valence-corrected chi connectivity index (χ1v) is 8.13. The molecule has 0 aliphatic carbocycles. The third-order valence-electron chi connectivity index (χ3n) is 3.87. The number of amides is 1. The molecule has 1 unspecified atom stereocenters. The van der Waals surface area contributed by atoms with Gasteiger partial charge in [-0.1, -0.05) is 69.3 Å². The minimum absolute atomic E-state index is 0.0261. The number of nitrogens with one attached hydrogen (secondary N) is 1. The molecule has 0 aliphatic rings. The van der Waals surface area contributed by atoms with Crippen LogP contribution in [0, 0.1) is 5.41 Å². The summed E-state index contributed by atoms with van der Waals surface area (Å²) in [5.74, 6) is -0.0261. The van der Waals surface area contributed by atoms with E-state index < -0.39 is 6.04 Å². The Balaban J connectivity index is 2.04. The molecule has 0 radical (unpaired) electrons. The molecule has 1 amide bonds. The first kappa shape index (κ1) is 18.2. The van der Waals surface area contributed by atoms with Crippen LogP contribution in [-0.4, -0.2) is 19.0 Å². The van der Waals surface area contributed by atoms with Gasteiger partial charge < -0.3 is 4.90 Å². The lowest BCUT2D eigenvalue weighted by Crippen LogP contribution is -2.52. The highest BCUT2D eigenvalue weighted by Crippen LogP contribution is 2.23. The smallest absolute Gasteiger partial charge is 0.246 e. The Morgan fingerprint density at radius 1 is 1.04 bits per heavy atom. The summed E-state index contributed by atoms with van der Waals surface area (Å²) in [6, 6.07) is 19.0. The van der Waals surface area contributed by atoms with Crippen molar-refractivity contribution in [2.24, 2.45) is 5.41 Å². The second-order valence-electron chi connectivity index (χ2n) is 6.92. The first-order valence-electron chi connectivity index (χ1n) is 8.13. The number of benzene rings is 2. The van der Waals surface area contributed by atoms with Gasteiger partial charge in [-0.05, 0) is 23.1 Å². The molecule has 0 fully saturated rings. The van der Waals surface area contributed by atoms with Crippen LogP contribution < -0.4 is 10.4 Å². The van der Waals surface area contributed by atoms with Crippen LogP contribution in [0.1, 0.15) is 26.3 Å². The Bertz CT molecular complexity index is 636. The number of hydrogen-bond donors (Lipinski definition) is 1. The maximum absolute atomic E-state index is 12.9. The van der Waals surface area contributed by atoms with Gasteiger partial charge in [-0.2, -0.15) is 5.48 Å². The second-order valence-corrected chi connectivity index (χ2v) is 6.92.